The highest BCUT2D eigenvalue weighted by atomic mass is 32.2. The van der Waals surface area contributed by atoms with Crippen molar-refractivity contribution in [1.29, 1.82) is 0 Å². The fourth-order valence-corrected chi connectivity index (χ4v) is 5.07. The summed E-state index contributed by atoms with van der Waals surface area (Å²) in [6, 6.07) is 16.1. The molecule has 3 aromatic rings. The molecule has 0 aliphatic carbocycles. The number of hydrogen-bond acceptors (Lipinski definition) is 6. The zero-order valence-electron chi connectivity index (χ0n) is 17.3. The number of nitro benzene ring substituents is 1. The van der Waals surface area contributed by atoms with Crippen molar-refractivity contribution in [1.82, 2.24) is 19.0 Å². The minimum absolute atomic E-state index is 0.0924. The Kier molecular flexibility index (Phi) is 5.76. The van der Waals surface area contributed by atoms with Gasteiger partial charge in [0.1, 0.15) is 0 Å². The summed E-state index contributed by atoms with van der Waals surface area (Å²) in [4.78, 5) is 24.7. The van der Waals surface area contributed by atoms with Gasteiger partial charge >= 0.3 is 0 Å². The minimum Gasteiger partial charge on any atom is -0.335 e. The normalized spacial score (nSPS) is 15.0. The Balaban J connectivity index is 1.46. The molecule has 166 valence electrons. The summed E-state index contributed by atoms with van der Waals surface area (Å²) in [7, 11) is -3.90. The van der Waals surface area contributed by atoms with Crippen LogP contribution in [-0.4, -0.2) is 64.4 Å². The van der Waals surface area contributed by atoms with Crippen molar-refractivity contribution in [2.45, 2.75) is 11.8 Å². The monoisotopic (exact) mass is 455 g/mol. The maximum Gasteiger partial charge on any atom is 0.274 e. The quantitative estimate of drug-likeness (QED) is 0.430. The summed E-state index contributed by atoms with van der Waals surface area (Å²) >= 11 is 0. The van der Waals surface area contributed by atoms with E-state index >= 15 is 0 Å². The number of benzene rings is 2. The first kappa shape index (κ1) is 21.7. The van der Waals surface area contributed by atoms with E-state index in [-0.39, 0.29) is 42.7 Å². The SMILES string of the molecule is Cc1cc(C(=O)N2CCN(S(=O)(=O)c3cccc([N+](=O)[O-])c3)CC2)nn1-c1ccccc1. The maximum atomic E-state index is 12.9. The molecule has 10 nitrogen and oxygen atoms in total. The predicted molar refractivity (Wildman–Crippen MR) is 116 cm³/mol. The summed E-state index contributed by atoms with van der Waals surface area (Å²) in [5.41, 5.74) is 1.66. The Bertz CT molecular complexity index is 1260. The van der Waals surface area contributed by atoms with Crippen molar-refractivity contribution in [3.8, 4) is 5.69 Å². The summed E-state index contributed by atoms with van der Waals surface area (Å²) in [5.74, 6) is -0.268. The lowest BCUT2D eigenvalue weighted by Crippen LogP contribution is -2.50. The molecule has 32 heavy (non-hydrogen) atoms. The third kappa shape index (κ3) is 4.12. The van der Waals surface area contributed by atoms with Gasteiger partial charge in [-0.15, -0.1) is 0 Å². The molecule has 11 heteroatoms. The van der Waals surface area contributed by atoms with Crippen molar-refractivity contribution < 1.29 is 18.1 Å². The van der Waals surface area contributed by atoms with Crippen LogP contribution in [-0.2, 0) is 10.0 Å². The van der Waals surface area contributed by atoms with Gasteiger partial charge in [-0.2, -0.15) is 9.40 Å². The van der Waals surface area contributed by atoms with Crippen LogP contribution in [0.1, 0.15) is 16.2 Å². The Hall–Kier alpha value is -3.57. The van der Waals surface area contributed by atoms with Crippen LogP contribution < -0.4 is 0 Å². The number of rotatable bonds is 5. The number of nitrogens with zero attached hydrogens (tertiary/aromatic N) is 5. The lowest BCUT2D eigenvalue weighted by Gasteiger charge is -2.33. The van der Waals surface area contributed by atoms with E-state index in [1.54, 1.807) is 15.6 Å². The minimum atomic E-state index is -3.90. The van der Waals surface area contributed by atoms with E-state index in [1.165, 1.54) is 22.5 Å². The molecule has 0 bridgehead atoms. The second-order valence-electron chi connectivity index (χ2n) is 7.37. The van der Waals surface area contributed by atoms with Crippen LogP contribution in [0.3, 0.4) is 0 Å². The van der Waals surface area contributed by atoms with Crippen LogP contribution >= 0.6 is 0 Å². The molecule has 2 heterocycles. The molecule has 1 amide bonds. The molecule has 1 aromatic heterocycles. The number of para-hydroxylation sites is 1. The van der Waals surface area contributed by atoms with Crippen molar-refractivity contribution >= 4 is 21.6 Å². The van der Waals surface area contributed by atoms with Gasteiger partial charge < -0.3 is 4.90 Å². The van der Waals surface area contributed by atoms with Crippen molar-refractivity contribution in [2.75, 3.05) is 26.2 Å². The highest BCUT2D eigenvalue weighted by Gasteiger charge is 2.32. The molecule has 0 atom stereocenters. The highest BCUT2D eigenvalue weighted by molar-refractivity contribution is 7.89. The van der Waals surface area contributed by atoms with Crippen molar-refractivity contribution in [3.63, 3.8) is 0 Å². The van der Waals surface area contributed by atoms with E-state index in [2.05, 4.69) is 5.10 Å². The molecule has 0 radical (unpaired) electrons. The zero-order valence-corrected chi connectivity index (χ0v) is 18.1. The fourth-order valence-electron chi connectivity index (χ4n) is 3.61. The third-order valence-electron chi connectivity index (χ3n) is 5.30. The van der Waals surface area contributed by atoms with Crippen LogP contribution in [0.2, 0.25) is 0 Å². The second kappa shape index (κ2) is 8.52. The molecule has 0 unspecified atom stereocenters. The lowest BCUT2D eigenvalue weighted by atomic mass is 10.3. The summed E-state index contributed by atoms with van der Waals surface area (Å²) in [6.07, 6.45) is 0. The van der Waals surface area contributed by atoms with Gasteiger partial charge in [-0.3, -0.25) is 14.9 Å². The number of aryl methyl sites for hydroxylation is 1. The Morgan fingerprint density at radius 3 is 2.34 bits per heavy atom. The average Bonchev–Trinajstić information content (AvgIpc) is 3.21. The zero-order chi connectivity index (χ0) is 22.9. The van der Waals surface area contributed by atoms with Gasteiger partial charge in [-0.05, 0) is 31.2 Å². The van der Waals surface area contributed by atoms with Gasteiger partial charge in [0.25, 0.3) is 11.6 Å². The molecule has 0 saturated carbocycles. The Morgan fingerprint density at radius 2 is 1.69 bits per heavy atom. The molecule has 1 aliphatic rings. The first-order valence-corrected chi connectivity index (χ1v) is 11.4. The van der Waals surface area contributed by atoms with Crippen LogP contribution in [0.5, 0.6) is 0 Å². The maximum absolute atomic E-state index is 12.9. The number of aromatic nitrogens is 2. The van der Waals surface area contributed by atoms with E-state index < -0.39 is 14.9 Å². The molecule has 1 aliphatic heterocycles. The van der Waals surface area contributed by atoms with Gasteiger partial charge in [0.2, 0.25) is 10.0 Å². The van der Waals surface area contributed by atoms with Gasteiger partial charge in [0, 0.05) is 44.0 Å². The Labute approximate surface area is 184 Å². The van der Waals surface area contributed by atoms with Crippen LogP contribution in [0.25, 0.3) is 5.69 Å². The van der Waals surface area contributed by atoms with Crippen LogP contribution in [0, 0.1) is 17.0 Å². The van der Waals surface area contributed by atoms with E-state index in [1.807, 2.05) is 37.3 Å². The predicted octanol–water partition coefficient (Wildman–Crippen LogP) is 2.24. The van der Waals surface area contributed by atoms with Gasteiger partial charge in [0.05, 0.1) is 15.5 Å². The molecular weight excluding hydrogens is 434 g/mol. The first-order valence-electron chi connectivity index (χ1n) is 9.93. The number of carbonyl (C=O) groups excluding carboxylic acids is 1. The summed E-state index contributed by atoms with van der Waals surface area (Å²) in [5, 5.41) is 15.4. The number of non-ortho nitro benzene ring substituents is 1. The largest absolute Gasteiger partial charge is 0.335 e. The number of piperazine rings is 1. The van der Waals surface area contributed by atoms with Crippen LogP contribution in [0.15, 0.2) is 65.6 Å². The van der Waals surface area contributed by atoms with E-state index in [0.29, 0.717) is 5.69 Å². The first-order chi connectivity index (χ1) is 15.3. The smallest absolute Gasteiger partial charge is 0.274 e. The number of hydrogen-bond donors (Lipinski definition) is 0. The molecule has 4 rings (SSSR count). The summed E-state index contributed by atoms with van der Waals surface area (Å²) in [6.45, 7) is 2.44. The lowest BCUT2D eigenvalue weighted by molar-refractivity contribution is -0.385. The topological polar surface area (TPSA) is 119 Å². The van der Waals surface area contributed by atoms with Crippen molar-refractivity contribution in [3.05, 3.63) is 82.2 Å². The van der Waals surface area contributed by atoms with Crippen molar-refractivity contribution in [2.24, 2.45) is 0 Å². The molecule has 0 N–H and O–H groups in total. The molecular formula is C21H21N5O5S. The number of nitro groups is 1. The Morgan fingerprint density at radius 1 is 1.00 bits per heavy atom. The molecule has 2 aromatic carbocycles. The molecule has 1 saturated heterocycles. The second-order valence-corrected chi connectivity index (χ2v) is 9.31. The molecule has 0 spiro atoms. The third-order valence-corrected chi connectivity index (χ3v) is 7.19. The highest BCUT2D eigenvalue weighted by Crippen LogP contribution is 2.22. The average molecular weight is 455 g/mol. The van der Waals surface area contributed by atoms with E-state index in [0.717, 1.165) is 17.4 Å². The number of sulfonamides is 1. The number of carbonyl (C=O) groups is 1. The van der Waals surface area contributed by atoms with Gasteiger partial charge in [-0.25, -0.2) is 13.1 Å². The standard InChI is InChI=1S/C21H21N5O5S/c1-16-14-20(22-25(16)17-6-3-2-4-7-17)21(27)23-10-12-24(13-11-23)32(30,31)19-9-5-8-18(15-19)26(28)29/h2-9,14-15H,10-13H2,1H3. The number of amides is 1. The van der Waals surface area contributed by atoms with E-state index in [4.69, 9.17) is 0 Å². The van der Waals surface area contributed by atoms with Gasteiger partial charge in [-0.1, -0.05) is 24.3 Å². The van der Waals surface area contributed by atoms with E-state index in [9.17, 15) is 23.3 Å². The van der Waals surface area contributed by atoms with Gasteiger partial charge in [0.15, 0.2) is 5.69 Å². The summed E-state index contributed by atoms with van der Waals surface area (Å²) < 4.78 is 28.7. The fraction of sp³-hybridized carbons (Fsp3) is 0.238. The molecule has 1 fully saturated rings. The van der Waals surface area contributed by atoms with Crippen LogP contribution in [0.4, 0.5) is 5.69 Å².